The number of benzene rings is 1. The van der Waals surface area contributed by atoms with Crippen molar-refractivity contribution >= 4 is 17.5 Å². The second-order valence-corrected chi connectivity index (χ2v) is 4.48. The number of fused-ring (bicyclic) bond motifs is 1. The van der Waals surface area contributed by atoms with Crippen molar-refractivity contribution in [1.82, 2.24) is 4.90 Å². The molecular formula is C13H16ClNO2. The van der Waals surface area contributed by atoms with E-state index in [0.29, 0.717) is 13.2 Å². The number of halogens is 1. The van der Waals surface area contributed by atoms with Crippen LogP contribution in [0.2, 0.25) is 0 Å². The van der Waals surface area contributed by atoms with Crippen LogP contribution in [0.3, 0.4) is 0 Å². The molecule has 1 amide bonds. The van der Waals surface area contributed by atoms with Crippen LogP contribution < -0.4 is 0 Å². The highest BCUT2D eigenvalue weighted by Crippen LogP contribution is 2.27. The van der Waals surface area contributed by atoms with Gasteiger partial charge in [0.05, 0.1) is 13.2 Å². The first kappa shape index (κ1) is 12.4. The first-order valence-electron chi connectivity index (χ1n) is 5.71. The maximum absolute atomic E-state index is 11.4. The van der Waals surface area contributed by atoms with E-state index in [-0.39, 0.29) is 17.9 Å². The Balaban J connectivity index is 2.11. The summed E-state index contributed by atoms with van der Waals surface area (Å²) in [6.45, 7) is 1.27. The molecule has 1 unspecified atom stereocenters. The smallest absolute Gasteiger partial charge is 0.237 e. The van der Waals surface area contributed by atoms with Crippen LogP contribution in [0.15, 0.2) is 24.3 Å². The highest BCUT2D eigenvalue weighted by molar-refractivity contribution is 6.27. The molecule has 1 aromatic carbocycles. The topological polar surface area (TPSA) is 29.5 Å². The van der Waals surface area contributed by atoms with Crippen molar-refractivity contribution in [2.45, 2.75) is 12.5 Å². The van der Waals surface area contributed by atoms with Crippen LogP contribution in [0.1, 0.15) is 17.2 Å². The fourth-order valence-electron chi connectivity index (χ4n) is 2.08. The molecule has 1 aliphatic rings. The van der Waals surface area contributed by atoms with Crippen molar-refractivity contribution in [2.24, 2.45) is 0 Å². The van der Waals surface area contributed by atoms with Gasteiger partial charge in [0.25, 0.3) is 0 Å². The Morgan fingerprint density at radius 3 is 3.06 bits per heavy atom. The minimum Gasteiger partial charge on any atom is -0.371 e. The van der Waals surface area contributed by atoms with Gasteiger partial charge in [0, 0.05) is 7.05 Å². The summed E-state index contributed by atoms with van der Waals surface area (Å²) in [5.41, 5.74) is 2.50. The van der Waals surface area contributed by atoms with E-state index >= 15 is 0 Å². The summed E-state index contributed by atoms with van der Waals surface area (Å²) < 4.78 is 5.73. The number of likely N-dealkylation sites (N-methyl/N-ethyl adjacent to an activating group) is 1. The molecular weight excluding hydrogens is 238 g/mol. The van der Waals surface area contributed by atoms with Crippen LogP contribution in [-0.2, 0) is 16.0 Å². The summed E-state index contributed by atoms with van der Waals surface area (Å²) in [4.78, 5) is 13.1. The zero-order valence-electron chi connectivity index (χ0n) is 9.86. The molecule has 1 heterocycles. The van der Waals surface area contributed by atoms with E-state index in [4.69, 9.17) is 16.3 Å². The second kappa shape index (κ2) is 5.52. The van der Waals surface area contributed by atoms with Crippen molar-refractivity contribution in [1.29, 1.82) is 0 Å². The van der Waals surface area contributed by atoms with E-state index < -0.39 is 0 Å². The summed E-state index contributed by atoms with van der Waals surface area (Å²) in [6.07, 6.45) is 0.914. The van der Waals surface area contributed by atoms with Crippen molar-refractivity contribution in [3.05, 3.63) is 35.4 Å². The molecule has 3 nitrogen and oxygen atoms in total. The highest BCUT2D eigenvalue weighted by atomic mass is 35.5. The van der Waals surface area contributed by atoms with E-state index in [0.717, 1.165) is 6.42 Å². The van der Waals surface area contributed by atoms with Gasteiger partial charge in [0.2, 0.25) is 5.91 Å². The Labute approximate surface area is 106 Å². The summed E-state index contributed by atoms with van der Waals surface area (Å²) in [5, 5.41) is 0. The molecule has 4 heteroatoms. The number of hydrogen-bond donors (Lipinski definition) is 0. The molecule has 2 rings (SSSR count). The molecule has 0 fully saturated rings. The fourth-order valence-corrected chi connectivity index (χ4v) is 2.28. The first-order chi connectivity index (χ1) is 8.22. The normalized spacial score (nSPS) is 18.6. The number of nitrogens with zero attached hydrogens (tertiary/aromatic N) is 1. The van der Waals surface area contributed by atoms with Gasteiger partial charge in [-0.3, -0.25) is 4.79 Å². The molecule has 0 spiro atoms. The molecule has 0 aromatic heterocycles. The molecule has 1 aromatic rings. The number of ether oxygens (including phenoxy) is 1. The molecule has 0 radical (unpaired) electrons. The lowest BCUT2D eigenvalue weighted by atomic mass is 9.97. The summed E-state index contributed by atoms with van der Waals surface area (Å²) in [7, 11) is 1.76. The molecule has 0 bridgehead atoms. The van der Waals surface area contributed by atoms with Crippen molar-refractivity contribution in [2.75, 3.05) is 26.1 Å². The van der Waals surface area contributed by atoms with E-state index in [1.165, 1.54) is 11.1 Å². The molecule has 1 atom stereocenters. The summed E-state index contributed by atoms with van der Waals surface area (Å²) in [6, 6.07) is 8.23. The van der Waals surface area contributed by atoms with E-state index in [9.17, 15) is 4.79 Å². The summed E-state index contributed by atoms with van der Waals surface area (Å²) in [5.74, 6) is -0.0523. The number of amides is 1. The van der Waals surface area contributed by atoms with Gasteiger partial charge in [0.1, 0.15) is 12.0 Å². The average Bonchev–Trinajstić information content (AvgIpc) is 2.38. The zero-order chi connectivity index (χ0) is 12.3. The van der Waals surface area contributed by atoms with Crippen LogP contribution in [0.25, 0.3) is 0 Å². The van der Waals surface area contributed by atoms with Gasteiger partial charge in [-0.2, -0.15) is 0 Å². The first-order valence-corrected chi connectivity index (χ1v) is 6.25. The lowest BCUT2D eigenvalue weighted by molar-refractivity contribution is -0.129. The SMILES string of the molecule is CN(CC1OCCc2ccccc21)C(=O)CCl. The maximum atomic E-state index is 11.4. The van der Waals surface area contributed by atoms with E-state index in [1.807, 2.05) is 12.1 Å². The number of carbonyl (C=O) groups is 1. The zero-order valence-corrected chi connectivity index (χ0v) is 10.6. The minimum absolute atomic E-state index is 0.0187. The third-order valence-corrected chi connectivity index (χ3v) is 3.30. The van der Waals surface area contributed by atoms with Crippen LogP contribution in [0, 0.1) is 0 Å². The van der Waals surface area contributed by atoms with Gasteiger partial charge >= 0.3 is 0 Å². The van der Waals surface area contributed by atoms with Gasteiger partial charge in [-0.1, -0.05) is 24.3 Å². The third kappa shape index (κ3) is 2.79. The quantitative estimate of drug-likeness (QED) is 0.771. The molecule has 92 valence electrons. The average molecular weight is 254 g/mol. The maximum Gasteiger partial charge on any atom is 0.237 e. The van der Waals surface area contributed by atoms with Gasteiger partial charge in [-0.05, 0) is 17.5 Å². The van der Waals surface area contributed by atoms with Gasteiger partial charge in [0.15, 0.2) is 0 Å². The minimum atomic E-state index is -0.0710. The van der Waals surface area contributed by atoms with Crippen LogP contribution in [-0.4, -0.2) is 36.9 Å². The monoisotopic (exact) mass is 253 g/mol. The molecule has 1 aliphatic heterocycles. The second-order valence-electron chi connectivity index (χ2n) is 4.22. The lowest BCUT2D eigenvalue weighted by Crippen LogP contribution is -2.34. The number of alkyl halides is 1. The largest absolute Gasteiger partial charge is 0.371 e. The van der Waals surface area contributed by atoms with Gasteiger partial charge in [-0.25, -0.2) is 0 Å². The molecule has 0 N–H and O–H groups in total. The Kier molecular flexibility index (Phi) is 4.02. The Morgan fingerprint density at radius 1 is 1.53 bits per heavy atom. The Hall–Kier alpha value is -1.06. The molecule has 17 heavy (non-hydrogen) atoms. The standard InChI is InChI=1S/C13H16ClNO2/c1-15(13(16)8-14)9-12-11-5-3-2-4-10(11)6-7-17-12/h2-5,12H,6-9H2,1H3. The lowest BCUT2D eigenvalue weighted by Gasteiger charge is -2.29. The Bertz CT molecular complexity index is 408. The number of hydrogen-bond acceptors (Lipinski definition) is 2. The van der Waals surface area contributed by atoms with Crippen LogP contribution in [0.4, 0.5) is 0 Å². The summed E-state index contributed by atoms with van der Waals surface area (Å²) >= 11 is 5.53. The van der Waals surface area contributed by atoms with E-state index in [1.54, 1.807) is 11.9 Å². The molecule has 0 saturated heterocycles. The van der Waals surface area contributed by atoms with Crippen molar-refractivity contribution < 1.29 is 9.53 Å². The third-order valence-electron chi connectivity index (χ3n) is 3.07. The molecule has 0 aliphatic carbocycles. The predicted octanol–water partition coefficient (Wildman–Crippen LogP) is 2.00. The Morgan fingerprint density at radius 2 is 2.29 bits per heavy atom. The molecule has 0 saturated carbocycles. The number of rotatable bonds is 3. The highest BCUT2D eigenvalue weighted by Gasteiger charge is 2.23. The van der Waals surface area contributed by atoms with Gasteiger partial charge < -0.3 is 9.64 Å². The fraction of sp³-hybridized carbons (Fsp3) is 0.462. The van der Waals surface area contributed by atoms with Gasteiger partial charge in [-0.15, -0.1) is 11.6 Å². The predicted molar refractivity (Wildman–Crippen MR) is 67.2 cm³/mol. The number of carbonyl (C=O) groups excluding carboxylic acids is 1. The van der Waals surface area contributed by atoms with Crippen LogP contribution in [0.5, 0.6) is 0 Å². The van der Waals surface area contributed by atoms with Crippen molar-refractivity contribution in [3.63, 3.8) is 0 Å². The van der Waals surface area contributed by atoms with Crippen LogP contribution >= 0.6 is 11.6 Å². The van der Waals surface area contributed by atoms with Crippen molar-refractivity contribution in [3.8, 4) is 0 Å². The van der Waals surface area contributed by atoms with E-state index in [2.05, 4.69) is 12.1 Å².